The molecule has 0 aliphatic heterocycles. The van der Waals surface area contributed by atoms with Gasteiger partial charge in [0.25, 0.3) is 0 Å². The molecule has 1 N–H and O–H groups in total. The highest BCUT2D eigenvalue weighted by Gasteiger charge is 2.20. The van der Waals surface area contributed by atoms with Gasteiger partial charge in [0.2, 0.25) is 0 Å². The summed E-state index contributed by atoms with van der Waals surface area (Å²) in [7, 11) is 0. The molecule has 0 atom stereocenters. The van der Waals surface area contributed by atoms with Crippen molar-refractivity contribution in [3.05, 3.63) is 11.9 Å². The van der Waals surface area contributed by atoms with Crippen molar-refractivity contribution in [2.75, 3.05) is 11.9 Å². The van der Waals surface area contributed by atoms with Gasteiger partial charge < -0.3 is 5.32 Å². The number of nitrogens with one attached hydrogen (secondary N) is 1. The van der Waals surface area contributed by atoms with E-state index in [9.17, 15) is 0 Å². The first-order chi connectivity index (χ1) is 7.85. The zero-order chi connectivity index (χ0) is 13.1. The molecule has 0 spiro atoms. The van der Waals surface area contributed by atoms with Crippen molar-refractivity contribution in [2.24, 2.45) is 0 Å². The van der Waals surface area contributed by atoms with Crippen LogP contribution in [-0.4, -0.2) is 21.3 Å². The second kappa shape index (κ2) is 5.71. The SMILES string of the molecule is CCNc1ncnc(SC(C)(C)C)c1C(C)C. The van der Waals surface area contributed by atoms with Gasteiger partial charge in [0.05, 0.1) is 0 Å². The van der Waals surface area contributed by atoms with Crippen molar-refractivity contribution in [2.45, 2.75) is 57.2 Å². The van der Waals surface area contributed by atoms with Crippen LogP contribution in [0.25, 0.3) is 0 Å². The summed E-state index contributed by atoms with van der Waals surface area (Å²) in [4.78, 5) is 8.78. The van der Waals surface area contributed by atoms with Crippen LogP contribution in [0.3, 0.4) is 0 Å². The number of hydrogen-bond acceptors (Lipinski definition) is 4. The first kappa shape index (κ1) is 14.3. The summed E-state index contributed by atoms with van der Waals surface area (Å²) in [5.41, 5.74) is 1.23. The molecule has 1 aromatic rings. The predicted molar refractivity (Wildman–Crippen MR) is 75.9 cm³/mol. The fraction of sp³-hybridized carbons (Fsp3) is 0.692. The van der Waals surface area contributed by atoms with Crippen LogP contribution in [0.1, 0.15) is 53.0 Å². The third-order valence-corrected chi connectivity index (χ3v) is 3.30. The molecule has 4 heteroatoms. The molecule has 1 rings (SSSR count). The molecule has 3 nitrogen and oxygen atoms in total. The van der Waals surface area contributed by atoms with Crippen molar-refractivity contribution in [1.29, 1.82) is 0 Å². The van der Waals surface area contributed by atoms with Gasteiger partial charge in [-0.1, -0.05) is 34.6 Å². The maximum atomic E-state index is 4.44. The van der Waals surface area contributed by atoms with Gasteiger partial charge in [0.1, 0.15) is 17.2 Å². The number of hydrogen-bond donors (Lipinski definition) is 1. The lowest BCUT2D eigenvalue weighted by molar-refractivity contribution is 0.775. The maximum absolute atomic E-state index is 4.44. The highest BCUT2D eigenvalue weighted by Crippen LogP contribution is 2.37. The van der Waals surface area contributed by atoms with Gasteiger partial charge in [-0.05, 0) is 12.8 Å². The molecule has 0 radical (unpaired) electrons. The molecule has 0 fully saturated rings. The van der Waals surface area contributed by atoms with Crippen LogP contribution in [-0.2, 0) is 0 Å². The molecule has 1 heterocycles. The first-order valence-corrected chi connectivity index (χ1v) is 6.94. The summed E-state index contributed by atoms with van der Waals surface area (Å²) in [5, 5.41) is 4.41. The summed E-state index contributed by atoms with van der Waals surface area (Å²) in [6.07, 6.45) is 1.65. The van der Waals surface area contributed by atoms with Crippen LogP contribution in [0, 0.1) is 0 Å². The Balaban J connectivity index is 3.15. The second-order valence-electron chi connectivity index (χ2n) is 5.34. The number of rotatable bonds is 4. The average molecular weight is 253 g/mol. The van der Waals surface area contributed by atoms with E-state index in [1.54, 1.807) is 18.1 Å². The van der Waals surface area contributed by atoms with Gasteiger partial charge >= 0.3 is 0 Å². The summed E-state index contributed by atoms with van der Waals surface area (Å²) in [6.45, 7) is 14.0. The standard InChI is InChI=1S/C13H23N3S/c1-7-14-11-10(9(2)3)12(16-8-15-11)17-13(4,5)6/h8-9H,7H2,1-6H3,(H,14,15,16). The molecule has 1 aromatic heterocycles. The minimum atomic E-state index is 0.168. The molecule has 0 amide bonds. The molecule has 0 saturated carbocycles. The fourth-order valence-corrected chi connectivity index (χ4v) is 2.70. The smallest absolute Gasteiger partial charge is 0.133 e. The highest BCUT2D eigenvalue weighted by atomic mass is 32.2. The van der Waals surface area contributed by atoms with Gasteiger partial charge in [0.15, 0.2) is 0 Å². The monoisotopic (exact) mass is 253 g/mol. The van der Waals surface area contributed by atoms with E-state index in [2.05, 4.69) is 56.8 Å². The fourth-order valence-electron chi connectivity index (χ4n) is 1.58. The molecule has 0 aromatic carbocycles. The maximum Gasteiger partial charge on any atom is 0.133 e. The molecule has 17 heavy (non-hydrogen) atoms. The summed E-state index contributed by atoms with van der Waals surface area (Å²) >= 11 is 1.80. The van der Waals surface area contributed by atoms with Gasteiger partial charge in [-0.3, -0.25) is 0 Å². The number of anilines is 1. The summed E-state index contributed by atoms with van der Waals surface area (Å²) < 4.78 is 0.168. The Morgan fingerprint density at radius 2 is 1.94 bits per heavy atom. The van der Waals surface area contributed by atoms with Crippen molar-refractivity contribution in [3.8, 4) is 0 Å². The van der Waals surface area contributed by atoms with Gasteiger partial charge in [0, 0.05) is 16.9 Å². The minimum absolute atomic E-state index is 0.168. The Morgan fingerprint density at radius 3 is 2.41 bits per heavy atom. The second-order valence-corrected chi connectivity index (χ2v) is 7.16. The normalized spacial score (nSPS) is 11.9. The quantitative estimate of drug-likeness (QED) is 0.652. The lowest BCUT2D eigenvalue weighted by Crippen LogP contribution is -2.12. The highest BCUT2D eigenvalue weighted by molar-refractivity contribution is 8.00. The third-order valence-electron chi connectivity index (χ3n) is 2.17. The van der Waals surface area contributed by atoms with Crippen LogP contribution < -0.4 is 5.32 Å². The largest absolute Gasteiger partial charge is 0.370 e. The van der Waals surface area contributed by atoms with Crippen LogP contribution in [0.5, 0.6) is 0 Å². The van der Waals surface area contributed by atoms with E-state index in [4.69, 9.17) is 0 Å². The Bertz CT molecular complexity index is 369. The molecular formula is C13H23N3S. The van der Waals surface area contributed by atoms with Crippen LogP contribution in [0.2, 0.25) is 0 Å². The molecule has 0 unspecified atom stereocenters. The molecule has 0 bridgehead atoms. The van der Waals surface area contributed by atoms with E-state index in [0.717, 1.165) is 17.4 Å². The van der Waals surface area contributed by atoms with Crippen molar-refractivity contribution in [1.82, 2.24) is 9.97 Å². The van der Waals surface area contributed by atoms with E-state index in [0.29, 0.717) is 5.92 Å². The average Bonchev–Trinajstić information content (AvgIpc) is 2.15. The topological polar surface area (TPSA) is 37.8 Å². The lowest BCUT2D eigenvalue weighted by atomic mass is 10.1. The van der Waals surface area contributed by atoms with Gasteiger partial charge in [-0.15, -0.1) is 11.8 Å². The van der Waals surface area contributed by atoms with Gasteiger partial charge in [-0.2, -0.15) is 0 Å². The van der Waals surface area contributed by atoms with Crippen LogP contribution >= 0.6 is 11.8 Å². The van der Waals surface area contributed by atoms with Crippen molar-refractivity contribution >= 4 is 17.6 Å². The minimum Gasteiger partial charge on any atom is -0.370 e. The Kier molecular flexibility index (Phi) is 4.80. The summed E-state index contributed by atoms with van der Waals surface area (Å²) in [5.74, 6) is 1.40. The molecule has 0 aliphatic rings. The Labute approximate surface area is 109 Å². The Morgan fingerprint density at radius 1 is 1.29 bits per heavy atom. The number of thioether (sulfide) groups is 1. The Hall–Kier alpha value is -0.770. The molecular weight excluding hydrogens is 230 g/mol. The molecule has 0 aliphatic carbocycles. The molecule has 0 saturated heterocycles. The predicted octanol–water partition coefficient (Wildman–Crippen LogP) is 3.92. The van der Waals surface area contributed by atoms with Gasteiger partial charge in [-0.25, -0.2) is 9.97 Å². The molecule has 96 valence electrons. The zero-order valence-electron chi connectivity index (χ0n) is 11.7. The van der Waals surface area contributed by atoms with E-state index >= 15 is 0 Å². The van der Waals surface area contributed by atoms with E-state index < -0.39 is 0 Å². The lowest BCUT2D eigenvalue weighted by Gasteiger charge is -2.21. The third kappa shape index (κ3) is 4.19. The van der Waals surface area contributed by atoms with Crippen molar-refractivity contribution in [3.63, 3.8) is 0 Å². The van der Waals surface area contributed by atoms with Crippen LogP contribution in [0.15, 0.2) is 11.4 Å². The van der Waals surface area contributed by atoms with E-state index in [1.165, 1.54) is 5.56 Å². The summed E-state index contributed by atoms with van der Waals surface area (Å²) in [6, 6.07) is 0. The van der Waals surface area contributed by atoms with E-state index in [-0.39, 0.29) is 4.75 Å². The van der Waals surface area contributed by atoms with E-state index in [1.807, 2.05) is 0 Å². The number of nitrogens with zero attached hydrogens (tertiary/aromatic N) is 2. The number of aromatic nitrogens is 2. The van der Waals surface area contributed by atoms with Crippen LogP contribution in [0.4, 0.5) is 5.82 Å². The first-order valence-electron chi connectivity index (χ1n) is 6.13. The zero-order valence-corrected chi connectivity index (χ0v) is 12.5. The van der Waals surface area contributed by atoms with Crippen molar-refractivity contribution < 1.29 is 0 Å².